The molecule has 3 aromatic rings. The molecular weight excluding hydrogens is 348 g/mol. The third-order valence-electron chi connectivity index (χ3n) is 3.53. The van der Waals surface area contributed by atoms with Crippen LogP contribution in [0.1, 0.15) is 10.7 Å². The Labute approximate surface area is 147 Å². The van der Waals surface area contributed by atoms with Crippen molar-refractivity contribution in [2.45, 2.75) is 13.2 Å². The molecule has 0 aliphatic heterocycles. The standard InChI is InChI=1S/C18H15F2NO3S/c1-23-17-7-16(20)15(19)6-14(17)11-2-4-13(5-3-11)24-9-18-21-12(8-22)10-25-18/h2-7,10,22H,8-9H2,1H3. The van der Waals surface area contributed by atoms with Crippen molar-refractivity contribution in [2.24, 2.45) is 0 Å². The van der Waals surface area contributed by atoms with Gasteiger partial charge in [-0.1, -0.05) is 12.1 Å². The minimum atomic E-state index is -0.953. The van der Waals surface area contributed by atoms with Gasteiger partial charge in [0.2, 0.25) is 0 Å². The van der Waals surface area contributed by atoms with E-state index >= 15 is 0 Å². The van der Waals surface area contributed by atoms with Crippen molar-refractivity contribution in [3.63, 3.8) is 0 Å². The lowest BCUT2D eigenvalue weighted by Gasteiger charge is -2.10. The van der Waals surface area contributed by atoms with E-state index in [1.807, 2.05) is 0 Å². The third kappa shape index (κ3) is 3.94. The summed E-state index contributed by atoms with van der Waals surface area (Å²) in [5.74, 6) is -1.01. The second-order valence-corrected chi connectivity index (χ2v) is 6.11. The molecule has 4 nitrogen and oxygen atoms in total. The maximum absolute atomic E-state index is 13.5. The van der Waals surface area contributed by atoms with E-state index in [0.717, 1.165) is 17.1 Å². The second kappa shape index (κ2) is 7.58. The first-order valence-electron chi connectivity index (χ1n) is 7.41. The maximum atomic E-state index is 13.5. The lowest BCUT2D eigenvalue weighted by molar-refractivity contribution is 0.275. The number of benzene rings is 2. The van der Waals surface area contributed by atoms with Crippen molar-refractivity contribution in [3.8, 4) is 22.6 Å². The van der Waals surface area contributed by atoms with Crippen LogP contribution in [-0.2, 0) is 13.2 Å². The summed E-state index contributed by atoms with van der Waals surface area (Å²) in [6.07, 6.45) is 0. The van der Waals surface area contributed by atoms with Crippen molar-refractivity contribution in [1.82, 2.24) is 4.98 Å². The Balaban J connectivity index is 1.75. The van der Waals surface area contributed by atoms with Gasteiger partial charge in [0.1, 0.15) is 23.1 Å². The number of halogens is 2. The number of thiazole rings is 1. The van der Waals surface area contributed by atoms with Crippen LogP contribution in [0.3, 0.4) is 0 Å². The smallest absolute Gasteiger partial charge is 0.162 e. The van der Waals surface area contributed by atoms with Crippen LogP contribution in [0.15, 0.2) is 41.8 Å². The normalized spacial score (nSPS) is 10.7. The summed E-state index contributed by atoms with van der Waals surface area (Å²) in [5.41, 5.74) is 1.75. The number of methoxy groups -OCH3 is 1. The summed E-state index contributed by atoms with van der Waals surface area (Å²) in [7, 11) is 1.41. The van der Waals surface area contributed by atoms with Crippen LogP contribution in [0.4, 0.5) is 8.78 Å². The lowest BCUT2D eigenvalue weighted by Crippen LogP contribution is -1.96. The van der Waals surface area contributed by atoms with Crippen LogP contribution in [-0.4, -0.2) is 17.2 Å². The largest absolute Gasteiger partial charge is 0.496 e. The van der Waals surface area contributed by atoms with Gasteiger partial charge in [0.15, 0.2) is 11.6 Å². The number of rotatable bonds is 6. The molecule has 1 N–H and O–H groups in total. The first kappa shape index (κ1) is 17.3. The number of hydrogen-bond donors (Lipinski definition) is 1. The average Bonchev–Trinajstić information content (AvgIpc) is 3.10. The minimum Gasteiger partial charge on any atom is -0.496 e. The molecule has 0 saturated heterocycles. The van der Waals surface area contributed by atoms with Crippen LogP contribution in [0, 0.1) is 11.6 Å². The topological polar surface area (TPSA) is 51.6 Å². The van der Waals surface area contributed by atoms with E-state index in [1.165, 1.54) is 18.4 Å². The quantitative estimate of drug-likeness (QED) is 0.714. The van der Waals surface area contributed by atoms with Gasteiger partial charge in [-0.15, -0.1) is 11.3 Å². The van der Waals surface area contributed by atoms with E-state index < -0.39 is 11.6 Å². The van der Waals surface area contributed by atoms with Crippen LogP contribution in [0.2, 0.25) is 0 Å². The number of aromatic nitrogens is 1. The van der Waals surface area contributed by atoms with Crippen molar-refractivity contribution in [2.75, 3.05) is 7.11 Å². The zero-order valence-electron chi connectivity index (χ0n) is 13.3. The fraction of sp³-hybridized carbons (Fsp3) is 0.167. The Hall–Kier alpha value is -2.51. The number of ether oxygens (including phenoxy) is 2. The van der Waals surface area contributed by atoms with Gasteiger partial charge in [-0.3, -0.25) is 0 Å². The molecule has 0 atom stereocenters. The molecular formula is C18H15F2NO3S. The number of nitrogens with zero attached hydrogens (tertiary/aromatic N) is 1. The molecule has 7 heteroatoms. The summed E-state index contributed by atoms with van der Waals surface area (Å²) in [4.78, 5) is 4.20. The van der Waals surface area contributed by atoms with E-state index in [0.29, 0.717) is 29.2 Å². The highest BCUT2D eigenvalue weighted by atomic mass is 32.1. The molecule has 3 rings (SSSR count). The van der Waals surface area contributed by atoms with Crippen molar-refractivity contribution in [1.29, 1.82) is 0 Å². The monoisotopic (exact) mass is 363 g/mol. The third-order valence-corrected chi connectivity index (χ3v) is 4.40. The Bertz CT molecular complexity index is 865. The highest BCUT2D eigenvalue weighted by Gasteiger charge is 2.12. The Morgan fingerprint density at radius 1 is 1.12 bits per heavy atom. The van der Waals surface area contributed by atoms with Gasteiger partial charge < -0.3 is 14.6 Å². The van der Waals surface area contributed by atoms with E-state index in [1.54, 1.807) is 29.6 Å². The number of hydrogen-bond acceptors (Lipinski definition) is 5. The van der Waals surface area contributed by atoms with Gasteiger partial charge in [0.25, 0.3) is 0 Å². The molecule has 0 aliphatic rings. The molecule has 0 aliphatic carbocycles. The van der Waals surface area contributed by atoms with E-state index in [-0.39, 0.29) is 12.4 Å². The number of aliphatic hydroxyl groups excluding tert-OH is 1. The molecule has 0 amide bonds. The van der Waals surface area contributed by atoms with Gasteiger partial charge in [0, 0.05) is 17.0 Å². The Morgan fingerprint density at radius 3 is 2.48 bits per heavy atom. The van der Waals surface area contributed by atoms with Crippen LogP contribution < -0.4 is 9.47 Å². The number of aliphatic hydroxyl groups is 1. The fourth-order valence-corrected chi connectivity index (χ4v) is 2.98. The van der Waals surface area contributed by atoms with Crippen molar-refractivity contribution >= 4 is 11.3 Å². The molecule has 0 bridgehead atoms. The highest BCUT2D eigenvalue weighted by Crippen LogP contribution is 2.33. The molecule has 1 heterocycles. The first-order valence-corrected chi connectivity index (χ1v) is 8.29. The van der Waals surface area contributed by atoms with Crippen LogP contribution in [0.5, 0.6) is 11.5 Å². The molecule has 130 valence electrons. The fourth-order valence-electron chi connectivity index (χ4n) is 2.29. The predicted molar refractivity (Wildman–Crippen MR) is 90.7 cm³/mol. The predicted octanol–water partition coefficient (Wildman–Crippen LogP) is 4.17. The molecule has 0 unspecified atom stereocenters. The second-order valence-electron chi connectivity index (χ2n) is 5.17. The Morgan fingerprint density at radius 2 is 1.84 bits per heavy atom. The average molecular weight is 363 g/mol. The van der Waals surface area contributed by atoms with Crippen LogP contribution in [0.25, 0.3) is 11.1 Å². The van der Waals surface area contributed by atoms with Gasteiger partial charge in [0.05, 0.1) is 19.4 Å². The Kier molecular flexibility index (Phi) is 5.25. The SMILES string of the molecule is COc1cc(F)c(F)cc1-c1ccc(OCc2nc(CO)cs2)cc1. The minimum absolute atomic E-state index is 0.0960. The summed E-state index contributed by atoms with van der Waals surface area (Å²) in [5, 5.41) is 11.5. The highest BCUT2D eigenvalue weighted by molar-refractivity contribution is 7.09. The van der Waals surface area contributed by atoms with Gasteiger partial charge in [-0.2, -0.15) is 0 Å². The molecule has 0 radical (unpaired) electrons. The van der Waals surface area contributed by atoms with Gasteiger partial charge in [-0.25, -0.2) is 13.8 Å². The van der Waals surface area contributed by atoms with Gasteiger partial charge >= 0.3 is 0 Å². The molecule has 25 heavy (non-hydrogen) atoms. The first-order chi connectivity index (χ1) is 12.1. The van der Waals surface area contributed by atoms with E-state index in [9.17, 15) is 8.78 Å². The zero-order chi connectivity index (χ0) is 17.8. The molecule has 0 spiro atoms. The van der Waals surface area contributed by atoms with Gasteiger partial charge in [-0.05, 0) is 23.8 Å². The van der Waals surface area contributed by atoms with Crippen LogP contribution >= 0.6 is 11.3 Å². The zero-order valence-corrected chi connectivity index (χ0v) is 14.1. The molecule has 0 fully saturated rings. The lowest BCUT2D eigenvalue weighted by atomic mass is 10.0. The summed E-state index contributed by atoms with van der Waals surface area (Å²) >= 11 is 1.41. The molecule has 2 aromatic carbocycles. The molecule has 0 saturated carbocycles. The van der Waals surface area contributed by atoms with Crippen molar-refractivity contribution < 1.29 is 23.4 Å². The summed E-state index contributed by atoms with van der Waals surface area (Å²) in [6.45, 7) is 0.194. The summed E-state index contributed by atoms with van der Waals surface area (Å²) < 4.78 is 37.6. The summed E-state index contributed by atoms with van der Waals surface area (Å²) in [6, 6.07) is 9.08. The van der Waals surface area contributed by atoms with E-state index in [2.05, 4.69) is 4.98 Å². The molecule has 1 aromatic heterocycles. The van der Waals surface area contributed by atoms with Crippen molar-refractivity contribution in [3.05, 3.63) is 64.1 Å². The van der Waals surface area contributed by atoms with E-state index in [4.69, 9.17) is 14.6 Å². The maximum Gasteiger partial charge on any atom is 0.162 e.